The molecule has 1 atom stereocenters. The van der Waals surface area contributed by atoms with Crippen LogP contribution in [0, 0.1) is 11.3 Å². The van der Waals surface area contributed by atoms with Gasteiger partial charge in [0, 0.05) is 0 Å². The SMILES string of the molecule is N#CC1=C(N)OC2=C(CCC/C2=C/c2ccsc2)C1c1ccsc1. The fourth-order valence-electron chi connectivity index (χ4n) is 3.41. The van der Waals surface area contributed by atoms with Crippen molar-refractivity contribution in [2.24, 2.45) is 5.73 Å². The number of rotatable bonds is 2. The van der Waals surface area contributed by atoms with E-state index in [1.54, 1.807) is 22.7 Å². The molecule has 1 unspecified atom stereocenters. The molecule has 4 rings (SSSR count). The van der Waals surface area contributed by atoms with Gasteiger partial charge in [-0.2, -0.15) is 27.9 Å². The minimum atomic E-state index is -0.0730. The summed E-state index contributed by atoms with van der Waals surface area (Å²) in [6, 6.07) is 6.45. The normalized spacial score (nSPS) is 22.3. The Hall–Kier alpha value is -2.29. The highest BCUT2D eigenvalue weighted by atomic mass is 32.1. The van der Waals surface area contributed by atoms with Crippen LogP contribution in [0.4, 0.5) is 0 Å². The molecule has 0 bridgehead atoms. The lowest BCUT2D eigenvalue weighted by molar-refractivity contribution is 0.277. The largest absolute Gasteiger partial charge is 0.440 e. The van der Waals surface area contributed by atoms with Crippen LogP contribution in [0.25, 0.3) is 6.08 Å². The highest BCUT2D eigenvalue weighted by Crippen LogP contribution is 2.47. The zero-order valence-corrected chi connectivity index (χ0v) is 14.6. The highest BCUT2D eigenvalue weighted by Gasteiger charge is 2.35. The first-order chi connectivity index (χ1) is 11.8. The third-order valence-corrected chi connectivity index (χ3v) is 5.87. The maximum atomic E-state index is 9.59. The number of hydrogen-bond acceptors (Lipinski definition) is 5. The molecule has 2 aliphatic rings. The maximum Gasteiger partial charge on any atom is 0.205 e. The van der Waals surface area contributed by atoms with Crippen LogP contribution in [0.3, 0.4) is 0 Å². The summed E-state index contributed by atoms with van der Waals surface area (Å²) in [4.78, 5) is 0. The van der Waals surface area contributed by atoms with Crippen molar-refractivity contribution < 1.29 is 4.74 Å². The van der Waals surface area contributed by atoms with Crippen molar-refractivity contribution in [2.45, 2.75) is 25.2 Å². The Balaban J connectivity index is 1.84. The molecule has 0 aromatic carbocycles. The molecule has 5 heteroatoms. The summed E-state index contributed by atoms with van der Waals surface area (Å²) >= 11 is 3.32. The van der Waals surface area contributed by atoms with Crippen LogP contribution in [0.2, 0.25) is 0 Å². The molecule has 0 radical (unpaired) electrons. The molecular weight excluding hydrogens is 336 g/mol. The van der Waals surface area contributed by atoms with Crippen LogP contribution in [-0.4, -0.2) is 0 Å². The molecule has 2 aromatic heterocycles. The second-order valence-electron chi connectivity index (χ2n) is 5.92. The first-order valence-corrected chi connectivity index (χ1v) is 9.72. The van der Waals surface area contributed by atoms with Crippen LogP contribution in [0.1, 0.15) is 36.3 Å². The van der Waals surface area contributed by atoms with E-state index in [4.69, 9.17) is 10.5 Å². The van der Waals surface area contributed by atoms with E-state index in [0.29, 0.717) is 5.57 Å². The Labute approximate surface area is 149 Å². The van der Waals surface area contributed by atoms with Crippen molar-refractivity contribution in [2.75, 3.05) is 0 Å². The first kappa shape index (κ1) is 15.3. The van der Waals surface area contributed by atoms with Crippen molar-refractivity contribution >= 4 is 28.7 Å². The topological polar surface area (TPSA) is 59.0 Å². The number of ether oxygens (including phenoxy) is 1. The van der Waals surface area contributed by atoms with Gasteiger partial charge in [-0.1, -0.05) is 0 Å². The second kappa shape index (κ2) is 6.31. The number of nitriles is 1. The first-order valence-electron chi connectivity index (χ1n) is 7.84. The van der Waals surface area contributed by atoms with E-state index >= 15 is 0 Å². The van der Waals surface area contributed by atoms with Crippen LogP contribution < -0.4 is 5.73 Å². The highest BCUT2D eigenvalue weighted by molar-refractivity contribution is 7.08. The van der Waals surface area contributed by atoms with Gasteiger partial charge in [0.2, 0.25) is 5.88 Å². The minimum absolute atomic E-state index is 0.0730. The van der Waals surface area contributed by atoms with Crippen LogP contribution in [-0.2, 0) is 4.74 Å². The fraction of sp³-hybridized carbons (Fsp3) is 0.211. The van der Waals surface area contributed by atoms with Gasteiger partial charge in [-0.15, -0.1) is 0 Å². The predicted octanol–water partition coefficient (Wildman–Crippen LogP) is 5.14. The summed E-state index contributed by atoms with van der Waals surface area (Å²) in [5.74, 6) is 1.04. The summed E-state index contributed by atoms with van der Waals surface area (Å²) in [6.45, 7) is 0. The summed E-state index contributed by atoms with van der Waals surface area (Å²) < 4.78 is 5.94. The predicted molar refractivity (Wildman–Crippen MR) is 98.1 cm³/mol. The average Bonchev–Trinajstić information content (AvgIpc) is 3.28. The molecular formula is C19H16N2OS2. The van der Waals surface area contributed by atoms with Crippen molar-refractivity contribution in [1.29, 1.82) is 5.26 Å². The van der Waals surface area contributed by atoms with Crippen molar-refractivity contribution in [1.82, 2.24) is 0 Å². The van der Waals surface area contributed by atoms with E-state index in [9.17, 15) is 5.26 Å². The summed E-state index contributed by atoms with van der Waals surface area (Å²) in [5.41, 5.74) is 11.3. The quantitative estimate of drug-likeness (QED) is 0.814. The molecule has 2 N–H and O–H groups in total. The Morgan fingerprint density at radius 1 is 1.21 bits per heavy atom. The maximum absolute atomic E-state index is 9.59. The Morgan fingerprint density at radius 2 is 2.04 bits per heavy atom. The van der Waals surface area contributed by atoms with Gasteiger partial charge in [0.1, 0.15) is 17.4 Å². The third kappa shape index (κ3) is 2.58. The number of nitrogens with zero attached hydrogens (tertiary/aromatic N) is 1. The number of hydrogen-bond donors (Lipinski definition) is 1. The minimum Gasteiger partial charge on any atom is -0.440 e. The van der Waals surface area contributed by atoms with Gasteiger partial charge in [-0.3, -0.25) is 0 Å². The number of thiophene rings is 2. The smallest absolute Gasteiger partial charge is 0.205 e. The molecule has 120 valence electrons. The van der Waals surface area contributed by atoms with E-state index in [-0.39, 0.29) is 11.8 Å². The molecule has 0 saturated heterocycles. The van der Waals surface area contributed by atoms with Crippen molar-refractivity contribution in [3.8, 4) is 6.07 Å². The third-order valence-electron chi connectivity index (χ3n) is 4.47. The van der Waals surface area contributed by atoms with E-state index in [2.05, 4.69) is 40.4 Å². The summed E-state index contributed by atoms with van der Waals surface area (Å²) in [5, 5.41) is 17.9. The Bertz CT molecular complexity index is 880. The summed E-state index contributed by atoms with van der Waals surface area (Å²) in [6.07, 6.45) is 5.16. The van der Waals surface area contributed by atoms with Crippen molar-refractivity contribution in [3.63, 3.8) is 0 Å². The Morgan fingerprint density at radius 3 is 2.75 bits per heavy atom. The van der Waals surface area contributed by atoms with Crippen LogP contribution in [0.5, 0.6) is 0 Å². The molecule has 2 aromatic rings. The fourth-order valence-corrected chi connectivity index (χ4v) is 4.72. The zero-order chi connectivity index (χ0) is 16.5. The zero-order valence-electron chi connectivity index (χ0n) is 13.0. The van der Waals surface area contributed by atoms with Gasteiger partial charge in [-0.05, 0) is 81.3 Å². The average molecular weight is 352 g/mol. The van der Waals surface area contributed by atoms with E-state index < -0.39 is 0 Å². The molecule has 24 heavy (non-hydrogen) atoms. The van der Waals surface area contributed by atoms with Gasteiger partial charge in [-0.25, -0.2) is 0 Å². The molecule has 0 spiro atoms. The standard InChI is InChI=1S/C19H16N2OS2/c20-9-16-17(14-5-7-24-11-14)15-3-1-2-13(18(15)22-19(16)21)8-12-4-6-23-10-12/h4-8,10-11,17H,1-3,21H2/b13-8-. The lowest BCUT2D eigenvalue weighted by Crippen LogP contribution is -2.23. The molecule has 3 heterocycles. The lowest BCUT2D eigenvalue weighted by Gasteiger charge is -2.32. The molecule has 1 aliphatic heterocycles. The van der Waals surface area contributed by atoms with E-state index in [1.165, 1.54) is 16.7 Å². The van der Waals surface area contributed by atoms with Gasteiger partial charge < -0.3 is 10.5 Å². The number of nitrogens with two attached hydrogens (primary N) is 1. The van der Waals surface area contributed by atoms with Gasteiger partial charge in [0.15, 0.2) is 0 Å². The van der Waals surface area contributed by atoms with E-state index in [1.807, 2.05) is 5.38 Å². The Kier molecular flexibility index (Phi) is 4.01. The molecule has 0 fully saturated rings. The van der Waals surface area contributed by atoms with Crippen LogP contribution >= 0.6 is 22.7 Å². The molecule has 3 nitrogen and oxygen atoms in total. The van der Waals surface area contributed by atoms with E-state index in [0.717, 1.165) is 30.6 Å². The monoisotopic (exact) mass is 352 g/mol. The van der Waals surface area contributed by atoms with Gasteiger partial charge in [0.05, 0.1) is 5.92 Å². The second-order valence-corrected chi connectivity index (χ2v) is 7.48. The number of allylic oxidation sites excluding steroid dienone is 3. The molecule has 0 saturated carbocycles. The van der Waals surface area contributed by atoms with Crippen molar-refractivity contribution in [3.05, 3.63) is 73.1 Å². The van der Waals surface area contributed by atoms with Crippen LogP contribution in [0.15, 0.2) is 62.0 Å². The lowest BCUT2D eigenvalue weighted by atomic mass is 9.77. The molecule has 1 aliphatic carbocycles. The van der Waals surface area contributed by atoms with Gasteiger partial charge in [0.25, 0.3) is 0 Å². The summed E-state index contributed by atoms with van der Waals surface area (Å²) in [7, 11) is 0. The van der Waals surface area contributed by atoms with Gasteiger partial charge >= 0.3 is 0 Å². The molecule has 0 amide bonds.